The van der Waals surface area contributed by atoms with E-state index in [-0.39, 0.29) is 11.9 Å². The van der Waals surface area contributed by atoms with Crippen LogP contribution in [0.25, 0.3) is 0 Å². The molecule has 0 saturated carbocycles. The summed E-state index contributed by atoms with van der Waals surface area (Å²) in [4.78, 5) is 23.4. The number of pyridine rings is 1. The molecule has 1 amide bonds. The van der Waals surface area contributed by atoms with Crippen LogP contribution in [0.15, 0.2) is 53.2 Å². The number of amides is 1. The molecule has 3 aromatic rings. The van der Waals surface area contributed by atoms with Crippen LogP contribution < -0.4 is 4.74 Å². The average Bonchev–Trinajstić information content (AvgIpc) is 3.38. The van der Waals surface area contributed by atoms with E-state index in [2.05, 4.69) is 9.97 Å². The van der Waals surface area contributed by atoms with Crippen LogP contribution in [0.2, 0.25) is 5.02 Å². The molecule has 0 radical (unpaired) electrons. The Hall–Kier alpha value is -2.86. The summed E-state index contributed by atoms with van der Waals surface area (Å²) < 4.78 is 11.2. The zero-order valence-corrected chi connectivity index (χ0v) is 16.2. The van der Waals surface area contributed by atoms with E-state index >= 15 is 0 Å². The van der Waals surface area contributed by atoms with Gasteiger partial charge in [-0.1, -0.05) is 29.8 Å². The van der Waals surface area contributed by atoms with Crippen molar-refractivity contribution in [3.63, 3.8) is 0 Å². The molecule has 1 aliphatic heterocycles. The lowest BCUT2D eigenvalue weighted by atomic mass is 10.1. The van der Waals surface area contributed by atoms with Crippen LogP contribution in [0.1, 0.15) is 46.5 Å². The number of methoxy groups -OCH3 is 1. The van der Waals surface area contributed by atoms with Crippen molar-refractivity contribution in [2.75, 3.05) is 13.7 Å². The highest BCUT2D eigenvalue weighted by molar-refractivity contribution is 6.31. The fourth-order valence-electron chi connectivity index (χ4n) is 3.53. The number of carbonyl (C=O) groups is 1. The van der Waals surface area contributed by atoms with E-state index in [1.807, 2.05) is 24.3 Å². The monoisotopic (exact) mass is 397 g/mol. The number of carbonyl (C=O) groups excluding carboxylic acids is 1. The van der Waals surface area contributed by atoms with Gasteiger partial charge in [0, 0.05) is 24.2 Å². The van der Waals surface area contributed by atoms with E-state index in [4.69, 9.17) is 20.8 Å². The van der Waals surface area contributed by atoms with Crippen molar-refractivity contribution in [1.29, 1.82) is 0 Å². The van der Waals surface area contributed by atoms with Crippen molar-refractivity contribution in [2.24, 2.45) is 0 Å². The molecule has 0 unspecified atom stereocenters. The Labute approximate surface area is 168 Å². The van der Waals surface area contributed by atoms with Gasteiger partial charge in [0.1, 0.15) is 17.4 Å². The second-order valence-corrected chi connectivity index (χ2v) is 7.06. The fourth-order valence-corrected chi connectivity index (χ4v) is 3.73. The van der Waals surface area contributed by atoms with E-state index in [1.54, 1.807) is 29.4 Å². The first-order valence-corrected chi connectivity index (χ1v) is 9.53. The van der Waals surface area contributed by atoms with Gasteiger partial charge in [-0.3, -0.25) is 4.79 Å². The summed E-state index contributed by atoms with van der Waals surface area (Å²) in [6.45, 7) is 0.643. The number of hydrogen-bond acceptors (Lipinski definition) is 5. The Morgan fingerprint density at radius 3 is 2.96 bits per heavy atom. The molecule has 1 aromatic carbocycles. The predicted octanol–water partition coefficient (Wildman–Crippen LogP) is 4.30. The van der Waals surface area contributed by atoms with Crippen molar-refractivity contribution in [2.45, 2.75) is 25.3 Å². The Morgan fingerprint density at radius 2 is 2.14 bits per heavy atom. The van der Waals surface area contributed by atoms with Crippen LogP contribution in [0.3, 0.4) is 0 Å². The smallest absolute Gasteiger partial charge is 0.260 e. The van der Waals surface area contributed by atoms with Crippen LogP contribution in [-0.4, -0.2) is 34.4 Å². The number of nitrogens with zero attached hydrogens (tertiary/aromatic N) is 3. The maximum Gasteiger partial charge on any atom is 0.260 e. The molecule has 0 spiro atoms. The lowest BCUT2D eigenvalue weighted by Crippen LogP contribution is -2.31. The van der Waals surface area contributed by atoms with Crippen LogP contribution >= 0.6 is 11.6 Å². The van der Waals surface area contributed by atoms with Crippen LogP contribution in [0.5, 0.6) is 5.88 Å². The topological polar surface area (TPSA) is 68.5 Å². The molecule has 7 heteroatoms. The maximum atomic E-state index is 13.1. The third kappa shape index (κ3) is 3.60. The second-order valence-electron chi connectivity index (χ2n) is 6.65. The van der Waals surface area contributed by atoms with Gasteiger partial charge in [-0.05, 0) is 36.6 Å². The number of likely N-dealkylation sites (tertiary alicyclic amines) is 1. The molecule has 0 aliphatic carbocycles. The van der Waals surface area contributed by atoms with Gasteiger partial charge in [0.25, 0.3) is 5.91 Å². The third-order valence-corrected chi connectivity index (χ3v) is 5.26. The minimum Gasteiger partial charge on any atom is -0.480 e. The summed E-state index contributed by atoms with van der Waals surface area (Å²) in [5, 5.41) is 0.696. The molecule has 0 N–H and O–H groups in total. The van der Waals surface area contributed by atoms with Gasteiger partial charge < -0.3 is 14.1 Å². The Bertz CT molecular complexity index is 988. The average molecular weight is 398 g/mol. The van der Waals surface area contributed by atoms with Crippen molar-refractivity contribution in [3.8, 4) is 5.88 Å². The first kappa shape index (κ1) is 18.5. The molecule has 0 bridgehead atoms. The van der Waals surface area contributed by atoms with Gasteiger partial charge in [-0.15, -0.1) is 0 Å². The molecule has 6 nitrogen and oxygen atoms in total. The summed E-state index contributed by atoms with van der Waals surface area (Å²) >= 11 is 6.24. The first-order valence-electron chi connectivity index (χ1n) is 9.15. The molecular weight excluding hydrogens is 378 g/mol. The number of halogens is 1. The second kappa shape index (κ2) is 8.02. The summed E-state index contributed by atoms with van der Waals surface area (Å²) in [6.07, 6.45) is 5.57. The standard InChI is InChI=1S/C21H20ClN3O3/c1-27-19-16(7-4-10-23-19)21(26)25-11-5-9-18(25)20-24-13-15(28-20)12-14-6-2-3-8-17(14)22/h2-4,6-8,10,13,18H,5,9,11-12H2,1H3/t18-/m1/s1. The quantitative estimate of drug-likeness (QED) is 0.642. The highest BCUT2D eigenvalue weighted by Crippen LogP contribution is 2.34. The molecule has 1 fully saturated rings. The highest BCUT2D eigenvalue weighted by atomic mass is 35.5. The van der Waals surface area contributed by atoms with E-state index in [9.17, 15) is 4.79 Å². The molecular formula is C21H20ClN3O3. The van der Waals surface area contributed by atoms with E-state index in [0.29, 0.717) is 35.3 Å². The largest absolute Gasteiger partial charge is 0.480 e. The Morgan fingerprint density at radius 1 is 1.29 bits per heavy atom. The molecule has 3 heterocycles. The van der Waals surface area contributed by atoms with Crippen molar-refractivity contribution < 1.29 is 13.9 Å². The summed E-state index contributed by atoms with van der Waals surface area (Å²) in [5.41, 5.74) is 1.42. The lowest BCUT2D eigenvalue weighted by Gasteiger charge is -2.22. The summed E-state index contributed by atoms with van der Waals surface area (Å²) in [6, 6.07) is 10.9. The summed E-state index contributed by atoms with van der Waals surface area (Å²) in [7, 11) is 1.51. The third-order valence-electron chi connectivity index (χ3n) is 4.89. The number of rotatable bonds is 5. The number of benzene rings is 1. The van der Waals surface area contributed by atoms with Crippen LogP contribution in [0.4, 0.5) is 0 Å². The van der Waals surface area contributed by atoms with E-state index in [1.165, 1.54) is 7.11 Å². The molecule has 1 aliphatic rings. The molecule has 4 rings (SSSR count). The number of ether oxygens (including phenoxy) is 1. The predicted molar refractivity (Wildman–Crippen MR) is 105 cm³/mol. The van der Waals surface area contributed by atoms with Crippen LogP contribution in [-0.2, 0) is 6.42 Å². The molecule has 1 atom stereocenters. The van der Waals surface area contributed by atoms with Gasteiger partial charge in [0.2, 0.25) is 11.8 Å². The van der Waals surface area contributed by atoms with Gasteiger partial charge in [-0.2, -0.15) is 0 Å². The first-order chi connectivity index (χ1) is 13.7. The number of aromatic nitrogens is 2. The highest BCUT2D eigenvalue weighted by Gasteiger charge is 2.35. The molecule has 144 valence electrons. The Kier molecular flexibility index (Phi) is 5.30. The number of oxazole rings is 1. The SMILES string of the molecule is COc1ncccc1C(=O)N1CCC[C@@H]1c1ncc(Cc2ccccc2Cl)o1. The summed E-state index contributed by atoms with van der Waals surface area (Å²) in [5.74, 6) is 1.47. The zero-order valence-electron chi connectivity index (χ0n) is 15.5. The molecule has 1 saturated heterocycles. The fraction of sp³-hybridized carbons (Fsp3) is 0.286. The minimum atomic E-state index is -0.197. The van der Waals surface area contributed by atoms with E-state index in [0.717, 1.165) is 24.2 Å². The number of hydrogen-bond donors (Lipinski definition) is 0. The van der Waals surface area contributed by atoms with Crippen molar-refractivity contribution in [1.82, 2.24) is 14.9 Å². The maximum absolute atomic E-state index is 13.1. The van der Waals surface area contributed by atoms with Gasteiger partial charge in [-0.25, -0.2) is 9.97 Å². The zero-order chi connectivity index (χ0) is 19.5. The minimum absolute atomic E-state index is 0.127. The van der Waals surface area contributed by atoms with E-state index < -0.39 is 0 Å². The molecule has 28 heavy (non-hydrogen) atoms. The Balaban J connectivity index is 1.55. The van der Waals surface area contributed by atoms with Crippen molar-refractivity contribution in [3.05, 3.63) is 76.6 Å². The lowest BCUT2D eigenvalue weighted by molar-refractivity contribution is 0.0710. The van der Waals surface area contributed by atoms with Crippen molar-refractivity contribution >= 4 is 17.5 Å². The normalized spacial score (nSPS) is 16.4. The molecule has 2 aromatic heterocycles. The van der Waals surface area contributed by atoms with Gasteiger partial charge >= 0.3 is 0 Å². The van der Waals surface area contributed by atoms with Crippen LogP contribution in [0, 0.1) is 0 Å². The van der Waals surface area contributed by atoms with Gasteiger partial charge in [0.05, 0.1) is 13.3 Å². The van der Waals surface area contributed by atoms with Gasteiger partial charge in [0.15, 0.2) is 0 Å².